The van der Waals surface area contributed by atoms with Crippen LogP contribution < -0.4 is 14.4 Å². The first-order valence-electron chi connectivity index (χ1n) is 12.3. The van der Waals surface area contributed by atoms with Crippen LogP contribution in [0, 0.1) is 0 Å². The van der Waals surface area contributed by atoms with E-state index in [1.165, 1.54) is 15.6 Å². The van der Waals surface area contributed by atoms with Gasteiger partial charge in [0, 0.05) is 4.88 Å². The zero-order valence-corrected chi connectivity index (χ0v) is 22.1. The number of fused-ring (bicyclic) bond motifs is 2. The number of benzene rings is 2. The molecular formula is C27H28N2O6S2. The monoisotopic (exact) mass is 540 g/mol. The summed E-state index contributed by atoms with van der Waals surface area (Å²) in [5.74, 6) is -0.874. The summed E-state index contributed by atoms with van der Waals surface area (Å²) in [6.45, 7) is 1.79. The molecule has 2 aliphatic rings. The molecule has 194 valence electrons. The van der Waals surface area contributed by atoms with Crippen LogP contribution in [-0.4, -0.2) is 39.5 Å². The molecular weight excluding hydrogens is 512 g/mol. The van der Waals surface area contributed by atoms with Gasteiger partial charge in [0.15, 0.2) is 6.10 Å². The van der Waals surface area contributed by atoms with Gasteiger partial charge < -0.3 is 14.8 Å². The third-order valence-electron chi connectivity index (χ3n) is 6.44. The van der Waals surface area contributed by atoms with Crippen LogP contribution in [0.25, 0.3) is 0 Å². The summed E-state index contributed by atoms with van der Waals surface area (Å²) in [5, 5.41) is 3.29. The highest BCUT2D eigenvalue weighted by Gasteiger charge is 2.38. The molecule has 0 radical (unpaired) electrons. The molecule has 10 heteroatoms. The van der Waals surface area contributed by atoms with Gasteiger partial charge in [-0.15, -0.1) is 11.3 Å². The Bertz CT molecular complexity index is 1420. The van der Waals surface area contributed by atoms with Gasteiger partial charge in [0.1, 0.15) is 10.8 Å². The van der Waals surface area contributed by atoms with Crippen molar-refractivity contribution in [3.8, 4) is 5.75 Å². The number of hydrogen-bond acceptors (Lipinski definition) is 7. The number of rotatable bonds is 7. The number of hydrogen-bond donors (Lipinski definition) is 1. The predicted molar refractivity (Wildman–Crippen MR) is 143 cm³/mol. The van der Waals surface area contributed by atoms with E-state index in [0.29, 0.717) is 27.6 Å². The maximum absolute atomic E-state index is 13.5. The molecule has 1 atom stereocenters. The van der Waals surface area contributed by atoms with Gasteiger partial charge in [0.2, 0.25) is 10.0 Å². The lowest BCUT2D eigenvalue weighted by molar-refractivity contribution is -0.122. The fourth-order valence-corrected chi connectivity index (χ4v) is 7.59. The highest BCUT2D eigenvalue weighted by atomic mass is 32.2. The van der Waals surface area contributed by atoms with Crippen LogP contribution in [0.4, 0.5) is 10.7 Å². The van der Waals surface area contributed by atoms with Gasteiger partial charge >= 0.3 is 5.97 Å². The SMILES string of the molecule is CCOC(=O)c1c(NC(=O)[C@H]2CN(S(=O)(=O)Cc3ccccc3)c3ccccc3O2)sc2c1CCCC2. The van der Waals surface area contributed by atoms with Crippen molar-refractivity contribution < 1.29 is 27.5 Å². The largest absolute Gasteiger partial charge is 0.476 e. The Balaban J connectivity index is 1.43. The van der Waals surface area contributed by atoms with E-state index in [1.54, 1.807) is 55.5 Å². The lowest BCUT2D eigenvalue weighted by Crippen LogP contribution is -2.49. The molecule has 2 heterocycles. The molecule has 1 amide bonds. The van der Waals surface area contributed by atoms with Crippen LogP contribution in [0.15, 0.2) is 54.6 Å². The summed E-state index contributed by atoms with van der Waals surface area (Å²) in [4.78, 5) is 27.3. The van der Waals surface area contributed by atoms with E-state index in [0.717, 1.165) is 36.1 Å². The van der Waals surface area contributed by atoms with Crippen LogP contribution in [0.1, 0.15) is 46.1 Å². The Morgan fingerprint density at radius 2 is 1.81 bits per heavy atom. The molecule has 1 N–H and O–H groups in total. The Morgan fingerprint density at radius 1 is 1.08 bits per heavy atom. The van der Waals surface area contributed by atoms with Crippen molar-refractivity contribution in [1.29, 1.82) is 0 Å². The molecule has 1 aliphatic carbocycles. The number of aryl methyl sites for hydroxylation is 1. The zero-order chi connectivity index (χ0) is 26.0. The molecule has 0 fully saturated rings. The van der Waals surface area contributed by atoms with E-state index >= 15 is 0 Å². The number of thiophene rings is 1. The number of nitrogens with zero attached hydrogens (tertiary/aromatic N) is 1. The zero-order valence-electron chi connectivity index (χ0n) is 20.4. The molecule has 1 aromatic heterocycles. The number of esters is 1. The number of carbonyl (C=O) groups excluding carboxylic acids is 2. The van der Waals surface area contributed by atoms with Gasteiger partial charge in [-0.05, 0) is 55.9 Å². The standard InChI is InChI=1S/C27H28N2O6S2/c1-2-34-27(31)24-19-12-6-9-15-23(19)36-26(24)28-25(30)22-16-29(20-13-7-8-14-21(20)35-22)37(32,33)17-18-10-4-3-5-11-18/h3-5,7-8,10-11,13-14,22H,2,6,9,12,15-17H2,1H3,(H,28,30)/t22-/m1/s1. The second-order valence-corrected chi connectivity index (χ2v) is 12.0. The van der Waals surface area contributed by atoms with Crippen molar-refractivity contribution in [2.75, 3.05) is 22.8 Å². The number of sulfonamides is 1. The smallest absolute Gasteiger partial charge is 0.341 e. The van der Waals surface area contributed by atoms with Crippen LogP contribution in [0.2, 0.25) is 0 Å². The Labute approximate surface area is 220 Å². The van der Waals surface area contributed by atoms with Crippen molar-refractivity contribution in [3.63, 3.8) is 0 Å². The van der Waals surface area contributed by atoms with Gasteiger partial charge in [-0.25, -0.2) is 13.2 Å². The van der Waals surface area contributed by atoms with Gasteiger partial charge in [-0.1, -0.05) is 42.5 Å². The number of amides is 1. The summed E-state index contributed by atoms with van der Waals surface area (Å²) in [5.41, 5.74) is 2.38. The average molecular weight is 541 g/mol. The maximum atomic E-state index is 13.5. The highest BCUT2D eigenvalue weighted by molar-refractivity contribution is 7.92. The first-order chi connectivity index (χ1) is 17.9. The summed E-state index contributed by atoms with van der Waals surface area (Å²) in [7, 11) is -3.82. The van der Waals surface area contributed by atoms with Gasteiger partial charge in [0.05, 0.1) is 30.2 Å². The van der Waals surface area contributed by atoms with Crippen molar-refractivity contribution in [2.45, 2.75) is 44.5 Å². The first-order valence-corrected chi connectivity index (χ1v) is 14.7. The minimum absolute atomic E-state index is 0.183. The van der Waals surface area contributed by atoms with Gasteiger partial charge in [0.25, 0.3) is 5.91 Å². The van der Waals surface area contributed by atoms with E-state index < -0.39 is 28.0 Å². The third kappa shape index (κ3) is 5.21. The van der Waals surface area contributed by atoms with E-state index in [4.69, 9.17) is 9.47 Å². The van der Waals surface area contributed by atoms with Crippen LogP contribution in [-0.2, 0) is 38.1 Å². The molecule has 3 aromatic rings. The average Bonchev–Trinajstić information content (AvgIpc) is 3.26. The van der Waals surface area contributed by atoms with Crippen molar-refractivity contribution in [2.24, 2.45) is 0 Å². The van der Waals surface area contributed by atoms with Crippen LogP contribution >= 0.6 is 11.3 Å². The Hall–Kier alpha value is -3.37. The number of nitrogens with one attached hydrogen (secondary N) is 1. The van der Waals surface area contributed by atoms with Crippen molar-refractivity contribution in [3.05, 3.63) is 76.2 Å². The normalized spacial score (nSPS) is 16.8. The summed E-state index contributed by atoms with van der Waals surface area (Å²) >= 11 is 1.38. The topological polar surface area (TPSA) is 102 Å². The molecule has 8 nitrogen and oxygen atoms in total. The summed E-state index contributed by atoms with van der Waals surface area (Å²) < 4.78 is 39.4. The lowest BCUT2D eigenvalue weighted by Gasteiger charge is -2.34. The van der Waals surface area contributed by atoms with E-state index in [1.807, 2.05) is 6.07 Å². The molecule has 0 bridgehead atoms. The molecule has 0 unspecified atom stereocenters. The Kier molecular flexibility index (Phi) is 7.21. The van der Waals surface area contributed by atoms with Crippen LogP contribution in [0.5, 0.6) is 5.75 Å². The second-order valence-electron chi connectivity index (χ2n) is 8.97. The van der Waals surface area contributed by atoms with Crippen molar-refractivity contribution in [1.82, 2.24) is 0 Å². The van der Waals surface area contributed by atoms with Crippen LogP contribution in [0.3, 0.4) is 0 Å². The maximum Gasteiger partial charge on any atom is 0.341 e. The molecule has 37 heavy (non-hydrogen) atoms. The lowest BCUT2D eigenvalue weighted by atomic mass is 9.95. The van der Waals surface area contributed by atoms with E-state index in [-0.39, 0.29) is 18.9 Å². The molecule has 0 saturated heterocycles. The molecule has 2 aromatic carbocycles. The number of para-hydroxylation sites is 2. The quantitative estimate of drug-likeness (QED) is 0.442. The summed E-state index contributed by atoms with van der Waals surface area (Å²) in [6.07, 6.45) is 2.50. The van der Waals surface area contributed by atoms with Gasteiger partial charge in [-0.2, -0.15) is 0 Å². The highest BCUT2D eigenvalue weighted by Crippen LogP contribution is 2.40. The second kappa shape index (κ2) is 10.5. The molecule has 0 spiro atoms. The predicted octanol–water partition coefficient (Wildman–Crippen LogP) is 4.54. The Morgan fingerprint density at radius 3 is 2.59 bits per heavy atom. The summed E-state index contributed by atoms with van der Waals surface area (Å²) in [6, 6.07) is 15.7. The minimum Gasteiger partial charge on any atom is -0.476 e. The fraction of sp³-hybridized carbons (Fsp3) is 0.333. The number of carbonyl (C=O) groups is 2. The van der Waals surface area contributed by atoms with E-state index in [2.05, 4.69) is 5.32 Å². The first kappa shape index (κ1) is 25.3. The third-order valence-corrected chi connectivity index (χ3v) is 9.37. The van der Waals surface area contributed by atoms with Crippen molar-refractivity contribution >= 4 is 43.9 Å². The van der Waals surface area contributed by atoms with Gasteiger partial charge in [-0.3, -0.25) is 9.10 Å². The fourth-order valence-electron chi connectivity index (χ4n) is 4.73. The number of ether oxygens (including phenoxy) is 2. The minimum atomic E-state index is -3.82. The molecule has 5 rings (SSSR count). The number of anilines is 2. The molecule has 1 aliphatic heterocycles. The molecule has 0 saturated carbocycles. The van der Waals surface area contributed by atoms with E-state index in [9.17, 15) is 18.0 Å².